The fourth-order valence-corrected chi connectivity index (χ4v) is 2.74. The van der Waals surface area contributed by atoms with Crippen molar-refractivity contribution < 1.29 is 18.7 Å². The molecule has 1 N–H and O–H groups in total. The van der Waals surface area contributed by atoms with E-state index < -0.39 is 11.7 Å². The molecule has 27 heavy (non-hydrogen) atoms. The fourth-order valence-electron chi connectivity index (χ4n) is 2.74. The number of ether oxygens (including phenoxy) is 1. The summed E-state index contributed by atoms with van der Waals surface area (Å²) in [5, 5.41) is 2.65. The van der Waals surface area contributed by atoms with Gasteiger partial charge >= 0.3 is 0 Å². The Bertz CT molecular complexity index is 856. The highest BCUT2D eigenvalue weighted by Crippen LogP contribution is 2.14. The van der Waals surface area contributed by atoms with E-state index in [1.807, 2.05) is 19.1 Å². The first-order valence-electron chi connectivity index (χ1n) is 8.76. The van der Waals surface area contributed by atoms with Gasteiger partial charge in [0.1, 0.15) is 11.5 Å². The van der Waals surface area contributed by atoms with Gasteiger partial charge in [-0.05, 0) is 31.2 Å². The zero-order chi connectivity index (χ0) is 19.2. The van der Waals surface area contributed by atoms with Gasteiger partial charge in [0.2, 0.25) is 0 Å². The lowest BCUT2D eigenvalue weighted by Gasteiger charge is -2.27. The molecule has 5 nitrogen and oxygen atoms in total. The van der Waals surface area contributed by atoms with Gasteiger partial charge in [0, 0.05) is 24.2 Å². The van der Waals surface area contributed by atoms with Crippen LogP contribution in [-0.4, -0.2) is 43.0 Å². The zero-order valence-electron chi connectivity index (χ0n) is 15.1. The average molecular weight is 368 g/mol. The highest BCUT2D eigenvalue weighted by Gasteiger charge is 2.23. The van der Waals surface area contributed by atoms with Crippen LogP contribution in [0.5, 0.6) is 0 Å². The Labute approximate surface area is 157 Å². The second kappa shape index (κ2) is 8.60. The number of nitrogens with zero attached hydrogens (tertiary/aromatic N) is 1. The summed E-state index contributed by atoms with van der Waals surface area (Å²) in [4.78, 5) is 27.1. The smallest absolute Gasteiger partial charge is 0.270 e. The molecule has 1 fully saturated rings. The number of nitrogens with one attached hydrogen (secondary N) is 1. The van der Waals surface area contributed by atoms with Gasteiger partial charge in [0.25, 0.3) is 11.8 Å². The monoisotopic (exact) mass is 368 g/mol. The fraction of sp³-hybridized carbons (Fsp3) is 0.238. The third kappa shape index (κ3) is 4.80. The lowest BCUT2D eigenvalue weighted by Crippen LogP contribution is -2.44. The summed E-state index contributed by atoms with van der Waals surface area (Å²) in [6.07, 6.45) is 1.37. The lowest BCUT2D eigenvalue weighted by atomic mass is 10.1. The predicted molar refractivity (Wildman–Crippen MR) is 100 cm³/mol. The van der Waals surface area contributed by atoms with Crippen LogP contribution in [0.1, 0.15) is 21.5 Å². The molecule has 1 aliphatic heterocycles. The van der Waals surface area contributed by atoms with Gasteiger partial charge in [-0.15, -0.1) is 0 Å². The summed E-state index contributed by atoms with van der Waals surface area (Å²) in [7, 11) is 0. The highest BCUT2D eigenvalue weighted by atomic mass is 19.1. The largest absolute Gasteiger partial charge is 0.378 e. The first-order chi connectivity index (χ1) is 13.0. The molecule has 0 spiro atoms. The SMILES string of the molecule is Cc1ccc(C(=O)N/C(=C\c2ccccc2F)C(=O)N2CCOCC2)cc1. The van der Waals surface area contributed by atoms with Crippen molar-refractivity contribution in [2.45, 2.75) is 6.92 Å². The second-order valence-corrected chi connectivity index (χ2v) is 6.30. The van der Waals surface area contributed by atoms with E-state index in [0.29, 0.717) is 31.9 Å². The molecule has 140 valence electrons. The lowest BCUT2D eigenvalue weighted by molar-refractivity contribution is -0.131. The van der Waals surface area contributed by atoms with Crippen LogP contribution in [0.15, 0.2) is 54.2 Å². The Morgan fingerprint density at radius 2 is 1.74 bits per heavy atom. The molecule has 2 amide bonds. The van der Waals surface area contributed by atoms with Crippen LogP contribution < -0.4 is 5.32 Å². The second-order valence-electron chi connectivity index (χ2n) is 6.30. The first-order valence-corrected chi connectivity index (χ1v) is 8.76. The quantitative estimate of drug-likeness (QED) is 0.845. The molecule has 6 heteroatoms. The van der Waals surface area contributed by atoms with E-state index in [1.54, 1.807) is 35.2 Å². The summed E-state index contributed by atoms with van der Waals surface area (Å²) in [5.41, 5.74) is 1.72. The molecule has 0 radical (unpaired) electrons. The normalized spacial score (nSPS) is 14.7. The molecule has 2 aromatic carbocycles. The number of amides is 2. The molecule has 0 saturated carbocycles. The molecular weight excluding hydrogens is 347 g/mol. The van der Waals surface area contributed by atoms with Gasteiger partial charge in [-0.25, -0.2) is 4.39 Å². The number of benzene rings is 2. The standard InChI is InChI=1S/C21H21FN2O3/c1-15-6-8-16(9-7-15)20(25)23-19(14-17-4-2-3-5-18(17)22)21(26)24-10-12-27-13-11-24/h2-9,14H,10-13H2,1H3,(H,23,25)/b19-14-. The van der Waals surface area contributed by atoms with Crippen molar-refractivity contribution in [1.29, 1.82) is 0 Å². The number of carbonyl (C=O) groups excluding carboxylic acids is 2. The van der Waals surface area contributed by atoms with Crippen molar-refractivity contribution >= 4 is 17.9 Å². The molecular formula is C21H21FN2O3. The Kier molecular flexibility index (Phi) is 5.98. The van der Waals surface area contributed by atoms with Crippen molar-refractivity contribution in [3.05, 3.63) is 76.7 Å². The van der Waals surface area contributed by atoms with E-state index in [4.69, 9.17) is 4.74 Å². The molecule has 0 aliphatic carbocycles. The number of carbonyl (C=O) groups is 2. The summed E-state index contributed by atoms with van der Waals surface area (Å²) in [6, 6.07) is 13.1. The predicted octanol–water partition coefficient (Wildman–Crippen LogP) is 2.76. The minimum Gasteiger partial charge on any atom is -0.378 e. The number of hydrogen-bond donors (Lipinski definition) is 1. The van der Waals surface area contributed by atoms with Gasteiger partial charge in [-0.1, -0.05) is 35.9 Å². The molecule has 0 atom stereocenters. The van der Waals surface area contributed by atoms with E-state index in [0.717, 1.165) is 5.56 Å². The van der Waals surface area contributed by atoms with E-state index in [-0.39, 0.29) is 17.2 Å². The summed E-state index contributed by atoms with van der Waals surface area (Å²) in [6.45, 7) is 3.64. The highest BCUT2D eigenvalue weighted by molar-refractivity contribution is 6.05. The van der Waals surface area contributed by atoms with E-state index in [9.17, 15) is 14.0 Å². The van der Waals surface area contributed by atoms with Gasteiger partial charge in [0.15, 0.2) is 0 Å². The van der Waals surface area contributed by atoms with Crippen LogP contribution in [-0.2, 0) is 9.53 Å². The van der Waals surface area contributed by atoms with Gasteiger partial charge in [-0.2, -0.15) is 0 Å². The van der Waals surface area contributed by atoms with Crippen LogP contribution in [0.2, 0.25) is 0 Å². The molecule has 1 heterocycles. The van der Waals surface area contributed by atoms with Crippen molar-refractivity contribution in [3.8, 4) is 0 Å². The third-order valence-electron chi connectivity index (χ3n) is 4.30. The van der Waals surface area contributed by atoms with Crippen molar-refractivity contribution in [2.75, 3.05) is 26.3 Å². The van der Waals surface area contributed by atoms with Crippen LogP contribution in [0.3, 0.4) is 0 Å². The van der Waals surface area contributed by atoms with Crippen LogP contribution in [0.25, 0.3) is 6.08 Å². The Hall–Kier alpha value is -2.99. The van der Waals surface area contributed by atoms with E-state index in [1.165, 1.54) is 12.1 Å². The maximum atomic E-state index is 14.1. The number of hydrogen-bond acceptors (Lipinski definition) is 3. The molecule has 0 unspecified atom stereocenters. The van der Waals surface area contributed by atoms with Crippen LogP contribution >= 0.6 is 0 Å². The molecule has 2 aromatic rings. The maximum absolute atomic E-state index is 14.1. The summed E-state index contributed by atoms with van der Waals surface area (Å²) in [5.74, 6) is -1.24. The molecule has 0 aromatic heterocycles. The first kappa shape index (κ1) is 18.8. The van der Waals surface area contributed by atoms with Crippen molar-refractivity contribution in [1.82, 2.24) is 10.2 Å². The molecule has 0 bridgehead atoms. The Morgan fingerprint density at radius 1 is 1.07 bits per heavy atom. The zero-order valence-corrected chi connectivity index (χ0v) is 15.1. The number of halogens is 1. The Balaban J connectivity index is 1.89. The van der Waals surface area contributed by atoms with Crippen molar-refractivity contribution in [3.63, 3.8) is 0 Å². The molecule has 3 rings (SSSR count). The van der Waals surface area contributed by atoms with Gasteiger partial charge in [-0.3, -0.25) is 9.59 Å². The average Bonchev–Trinajstić information content (AvgIpc) is 2.69. The number of aryl methyl sites for hydroxylation is 1. The molecule has 1 saturated heterocycles. The van der Waals surface area contributed by atoms with E-state index >= 15 is 0 Å². The maximum Gasteiger partial charge on any atom is 0.270 e. The van der Waals surface area contributed by atoms with E-state index in [2.05, 4.69) is 5.32 Å². The summed E-state index contributed by atoms with van der Waals surface area (Å²) < 4.78 is 19.3. The topological polar surface area (TPSA) is 58.6 Å². The minimum absolute atomic E-state index is 0.0348. The Morgan fingerprint density at radius 3 is 2.41 bits per heavy atom. The molecule has 1 aliphatic rings. The minimum atomic E-state index is -0.464. The van der Waals surface area contributed by atoms with Gasteiger partial charge < -0.3 is 15.0 Å². The van der Waals surface area contributed by atoms with Crippen LogP contribution in [0.4, 0.5) is 4.39 Å². The number of rotatable bonds is 4. The van der Waals surface area contributed by atoms with Gasteiger partial charge in [0.05, 0.1) is 13.2 Å². The number of morpholine rings is 1. The third-order valence-corrected chi connectivity index (χ3v) is 4.30. The summed E-state index contributed by atoms with van der Waals surface area (Å²) >= 11 is 0. The van der Waals surface area contributed by atoms with Crippen molar-refractivity contribution in [2.24, 2.45) is 0 Å². The van der Waals surface area contributed by atoms with Crippen LogP contribution in [0, 0.1) is 12.7 Å².